The molecule has 1 saturated heterocycles. The van der Waals surface area contributed by atoms with E-state index in [1.54, 1.807) is 6.20 Å². The molecule has 3 rings (SSSR count). The van der Waals surface area contributed by atoms with Crippen molar-refractivity contribution in [1.82, 2.24) is 25.4 Å². The molecule has 1 unspecified atom stereocenters. The van der Waals surface area contributed by atoms with Crippen LogP contribution in [0.4, 0.5) is 5.82 Å². The molecule has 7 heteroatoms. The molecule has 1 fully saturated rings. The monoisotopic (exact) mass is 232 g/mol. The van der Waals surface area contributed by atoms with Gasteiger partial charge in [-0.2, -0.15) is 4.98 Å². The summed E-state index contributed by atoms with van der Waals surface area (Å²) >= 11 is 0. The van der Waals surface area contributed by atoms with Crippen LogP contribution < -0.4 is 11.1 Å². The van der Waals surface area contributed by atoms with Crippen LogP contribution in [0.2, 0.25) is 0 Å². The molecule has 0 radical (unpaired) electrons. The lowest BCUT2D eigenvalue weighted by molar-refractivity contribution is 0.345. The first-order chi connectivity index (χ1) is 8.34. The first kappa shape index (κ1) is 10.2. The van der Waals surface area contributed by atoms with Gasteiger partial charge >= 0.3 is 0 Å². The minimum atomic E-state index is 0.155. The highest BCUT2D eigenvalue weighted by molar-refractivity contribution is 5.66. The molecule has 1 aliphatic rings. The van der Waals surface area contributed by atoms with Crippen molar-refractivity contribution in [2.75, 3.05) is 12.3 Å². The van der Waals surface area contributed by atoms with Gasteiger partial charge in [0.05, 0.1) is 11.6 Å². The summed E-state index contributed by atoms with van der Waals surface area (Å²) in [4.78, 5) is 12.1. The molecule has 7 nitrogen and oxygen atoms in total. The van der Waals surface area contributed by atoms with E-state index >= 15 is 0 Å². The topological polar surface area (TPSA) is 103 Å². The number of aromatic nitrogens is 4. The zero-order chi connectivity index (χ0) is 11.7. The van der Waals surface area contributed by atoms with E-state index in [-0.39, 0.29) is 6.04 Å². The standard InChI is InChI=1S/C10H12N6O/c11-8-6(4-12-5-14-8)9-15-10(17-16-9)7-2-1-3-13-7/h4-5,7,13H,1-3H2,(H2,11,12,14). The lowest BCUT2D eigenvalue weighted by atomic mass is 10.2. The van der Waals surface area contributed by atoms with E-state index in [4.69, 9.17) is 10.3 Å². The lowest BCUT2D eigenvalue weighted by Gasteiger charge is -2.01. The molecule has 88 valence electrons. The van der Waals surface area contributed by atoms with Gasteiger partial charge in [-0.1, -0.05) is 5.16 Å². The van der Waals surface area contributed by atoms with Crippen LogP contribution >= 0.6 is 0 Å². The molecule has 1 aliphatic heterocycles. The van der Waals surface area contributed by atoms with Gasteiger partial charge in [0.2, 0.25) is 11.7 Å². The van der Waals surface area contributed by atoms with E-state index in [0.717, 1.165) is 19.4 Å². The Balaban J connectivity index is 1.92. The first-order valence-electron chi connectivity index (χ1n) is 5.47. The van der Waals surface area contributed by atoms with Gasteiger partial charge < -0.3 is 15.6 Å². The van der Waals surface area contributed by atoms with E-state index < -0.39 is 0 Å². The van der Waals surface area contributed by atoms with Gasteiger partial charge in [-0.05, 0) is 19.4 Å². The number of nitrogens with two attached hydrogens (primary N) is 1. The van der Waals surface area contributed by atoms with Crippen LogP contribution in [-0.2, 0) is 0 Å². The molecular formula is C10H12N6O. The fourth-order valence-electron chi connectivity index (χ4n) is 1.89. The van der Waals surface area contributed by atoms with Crippen LogP contribution in [0.5, 0.6) is 0 Å². The predicted octanol–water partition coefficient (Wildman–Crippen LogP) is 0.533. The summed E-state index contributed by atoms with van der Waals surface area (Å²) in [6, 6.07) is 0.155. The molecular weight excluding hydrogens is 220 g/mol. The quantitative estimate of drug-likeness (QED) is 0.778. The number of hydrogen-bond acceptors (Lipinski definition) is 7. The molecule has 1 atom stereocenters. The second kappa shape index (κ2) is 4.10. The van der Waals surface area contributed by atoms with Gasteiger partial charge in [0, 0.05) is 6.20 Å². The van der Waals surface area contributed by atoms with E-state index in [1.165, 1.54) is 6.33 Å². The van der Waals surface area contributed by atoms with E-state index in [0.29, 0.717) is 23.1 Å². The van der Waals surface area contributed by atoms with Gasteiger partial charge in [-0.3, -0.25) is 0 Å². The first-order valence-corrected chi connectivity index (χ1v) is 5.47. The molecule has 0 spiro atoms. The molecule has 0 saturated carbocycles. The van der Waals surface area contributed by atoms with E-state index in [1.807, 2.05) is 0 Å². The average Bonchev–Trinajstić information content (AvgIpc) is 3.00. The fraction of sp³-hybridized carbons (Fsp3) is 0.400. The van der Waals surface area contributed by atoms with Crippen molar-refractivity contribution >= 4 is 5.82 Å². The highest BCUT2D eigenvalue weighted by Gasteiger charge is 2.23. The highest BCUT2D eigenvalue weighted by Crippen LogP contribution is 2.25. The van der Waals surface area contributed by atoms with Crippen molar-refractivity contribution in [2.24, 2.45) is 0 Å². The van der Waals surface area contributed by atoms with Crippen molar-refractivity contribution in [1.29, 1.82) is 0 Å². The Morgan fingerprint density at radius 3 is 3.18 bits per heavy atom. The Bertz CT molecular complexity index is 519. The number of rotatable bonds is 2. The molecule has 3 heterocycles. The van der Waals surface area contributed by atoms with Gasteiger partial charge in [0.15, 0.2) is 0 Å². The maximum Gasteiger partial charge on any atom is 0.244 e. The fourth-order valence-corrected chi connectivity index (χ4v) is 1.89. The maximum absolute atomic E-state index is 5.73. The molecule has 0 aliphatic carbocycles. The van der Waals surface area contributed by atoms with Crippen LogP contribution in [0.25, 0.3) is 11.4 Å². The smallest absolute Gasteiger partial charge is 0.244 e. The summed E-state index contributed by atoms with van der Waals surface area (Å²) in [5, 5.41) is 7.20. The molecule has 0 bridgehead atoms. The maximum atomic E-state index is 5.73. The molecule has 17 heavy (non-hydrogen) atoms. The van der Waals surface area contributed by atoms with Crippen molar-refractivity contribution < 1.29 is 4.52 Å². The third-order valence-corrected chi connectivity index (χ3v) is 2.78. The lowest BCUT2D eigenvalue weighted by Crippen LogP contribution is -2.13. The zero-order valence-corrected chi connectivity index (χ0v) is 9.13. The largest absolute Gasteiger partial charge is 0.383 e. The Morgan fingerprint density at radius 2 is 2.41 bits per heavy atom. The van der Waals surface area contributed by atoms with Crippen molar-refractivity contribution in [2.45, 2.75) is 18.9 Å². The minimum Gasteiger partial charge on any atom is -0.383 e. The molecule has 2 aromatic rings. The number of nitrogen functional groups attached to an aromatic ring is 1. The number of nitrogens with one attached hydrogen (secondary N) is 1. The predicted molar refractivity (Wildman–Crippen MR) is 59.7 cm³/mol. The van der Waals surface area contributed by atoms with Crippen LogP contribution in [0.15, 0.2) is 17.0 Å². The second-order valence-corrected chi connectivity index (χ2v) is 3.93. The van der Waals surface area contributed by atoms with Gasteiger partial charge in [-0.25, -0.2) is 9.97 Å². The van der Waals surface area contributed by atoms with Gasteiger partial charge in [0.1, 0.15) is 12.1 Å². The summed E-state index contributed by atoms with van der Waals surface area (Å²) in [5.74, 6) is 1.39. The van der Waals surface area contributed by atoms with Crippen LogP contribution in [-0.4, -0.2) is 26.7 Å². The summed E-state index contributed by atoms with van der Waals surface area (Å²) in [6.45, 7) is 0.985. The van der Waals surface area contributed by atoms with Crippen molar-refractivity contribution in [3.8, 4) is 11.4 Å². The summed E-state index contributed by atoms with van der Waals surface area (Å²) in [6.07, 6.45) is 5.11. The summed E-state index contributed by atoms with van der Waals surface area (Å²) < 4.78 is 5.22. The molecule has 0 amide bonds. The second-order valence-electron chi connectivity index (χ2n) is 3.93. The SMILES string of the molecule is Nc1ncncc1-c1noc(C2CCCN2)n1. The Kier molecular flexibility index (Phi) is 2.45. The Morgan fingerprint density at radius 1 is 1.47 bits per heavy atom. The zero-order valence-electron chi connectivity index (χ0n) is 9.13. The summed E-state index contributed by atoms with van der Waals surface area (Å²) in [7, 11) is 0. The van der Waals surface area contributed by atoms with Crippen LogP contribution in [0, 0.1) is 0 Å². The van der Waals surface area contributed by atoms with Gasteiger partial charge in [-0.15, -0.1) is 0 Å². The number of hydrogen-bond donors (Lipinski definition) is 2. The third-order valence-electron chi connectivity index (χ3n) is 2.78. The minimum absolute atomic E-state index is 0.155. The molecule has 2 aromatic heterocycles. The summed E-state index contributed by atoms with van der Waals surface area (Å²) in [5.41, 5.74) is 6.32. The number of nitrogens with zero attached hydrogens (tertiary/aromatic N) is 4. The average molecular weight is 232 g/mol. The Hall–Kier alpha value is -2.02. The van der Waals surface area contributed by atoms with Gasteiger partial charge in [0.25, 0.3) is 0 Å². The molecule has 0 aromatic carbocycles. The van der Waals surface area contributed by atoms with Crippen molar-refractivity contribution in [3.63, 3.8) is 0 Å². The van der Waals surface area contributed by atoms with E-state index in [2.05, 4.69) is 25.4 Å². The third kappa shape index (κ3) is 1.84. The Labute approximate surface area is 97.5 Å². The van der Waals surface area contributed by atoms with Crippen LogP contribution in [0.1, 0.15) is 24.8 Å². The van der Waals surface area contributed by atoms with Crippen molar-refractivity contribution in [3.05, 3.63) is 18.4 Å². The molecule has 3 N–H and O–H groups in total. The van der Waals surface area contributed by atoms with E-state index in [9.17, 15) is 0 Å². The van der Waals surface area contributed by atoms with Crippen LogP contribution in [0.3, 0.4) is 0 Å². The normalized spacial score (nSPS) is 19.6. The highest BCUT2D eigenvalue weighted by atomic mass is 16.5. The number of anilines is 1.